The molecular formula is C12H14O3. The Kier molecular flexibility index (Phi) is 2.73. The van der Waals surface area contributed by atoms with Gasteiger partial charge in [-0.3, -0.25) is 4.79 Å². The molecule has 3 nitrogen and oxygen atoms in total. The molecule has 2 rings (SSSR count). The first-order chi connectivity index (χ1) is 7.22. The molecule has 0 bridgehead atoms. The quantitative estimate of drug-likeness (QED) is 0.740. The summed E-state index contributed by atoms with van der Waals surface area (Å²) in [5, 5.41) is 0. The number of benzene rings is 1. The van der Waals surface area contributed by atoms with Crippen LogP contribution in [0, 0.1) is 5.92 Å². The van der Waals surface area contributed by atoms with Gasteiger partial charge in [-0.15, -0.1) is 0 Å². The van der Waals surface area contributed by atoms with Gasteiger partial charge in [0.05, 0.1) is 5.92 Å². The Labute approximate surface area is 89.0 Å². The van der Waals surface area contributed by atoms with Crippen LogP contribution >= 0.6 is 0 Å². The zero-order valence-corrected chi connectivity index (χ0v) is 8.90. The molecule has 80 valence electrons. The van der Waals surface area contributed by atoms with Crippen molar-refractivity contribution in [2.45, 2.75) is 19.6 Å². The molecule has 0 amide bonds. The maximum absolute atomic E-state index is 11.4. The van der Waals surface area contributed by atoms with Gasteiger partial charge in [0, 0.05) is 7.11 Å². The summed E-state index contributed by atoms with van der Waals surface area (Å²) in [6.45, 7) is 1.58. The molecule has 0 aromatic heterocycles. The summed E-state index contributed by atoms with van der Waals surface area (Å²) in [4.78, 5) is 11.4. The number of ether oxygens (including phenoxy) is 2. The van der Waals surface area contributed by atoms with Gasteiger partial charge in [0.2, 0.25) is 6.29 Å². The normalized spacial score (nSPS) is 24.1. The molecule has 1 heterocycles. The molecule has 0 aliphatic carbocycles. The third-order valence-corrected chi connectivity index (χ3v) is 2.74. The highest BCUT2D eigenvalue weighted by Gasteiger charge is 2.32. The first-order valence-corrected chi connectivity index (χ1v) is 5.00. The molecule has 2 unspecified atom stereocenters. The number of carbonyl (C=O) groups is 1. The minimum atomic E-state index is -0.447. The van der Waals surface area contributed by atoms with E-state index in [4.69, 9.17) is 9.47 Å². The fourth-order valence-corrected chi connectivity index (χ4v) is 1.88. The Bertz CT molecular complexity index is 373. The topological polar surface area (TPSA) is 35.5 Å². The number of hydrogen-bond donors (Lipinski definition) is 0. The summed E-state index contributed by atoms with van der Waals surface area (Å²) in [7, 11) is 1.56. The van der Waals surface area contributed by atoms with E-state index in [-0.39, 0.29) is 11.7 Å². The largest absolute Gasteiger partial charge is 0.464 e. The number of Topliss-reactive ketones (excluding diaryl/α,β-unsaturated/α-hetero) is 1. The minimum absolute atomic E-state index is 0.108. The highest BCUT2D eigenvalue weighted by Crippen LogP contribution is 2.31. The summed E-state index contributed by atoms with van der Waals surface area (Å²) in [5.74, 6) is 0.739. The minimum Gasteiger partial charge on any atom is -0.464 e. The van der Waals surface area contributed by atoms with Crippen LogP contribution in [-0.4, -0.2) is 19.2 Å². The van der Waals surface area contributed by atoms with Crippen LogP contribution in [0.2, 0.25) is 0 Å². The molecule has 0 radical (unpaired) electrons. The molecule has 1 aromatic carbocycles. The van der Waals surface area contributed by atoms with E-state index in [2.05, 4.69) is 0 Å². The van der Waals surface area contributed by atoms with E-state index in [0.717, 1.165) is 11.3 Å². The van der Waals surface area contributed by atoms with Crippen LogP contribution < -0.4 is 4.74 Å². The highest BCUT2D eigenvalue weighted by molar-refractivity contribution is 5.79. The zero-order chi connectivity index (χ0) is 10.8. The number of hydrogen-bond acceptors (Lipinski definition) is 3. The summed E-state index contributed by atoms with van der Waals surface area (Å²) in [5.41, 5.74) is 1.08. The van der Waals surface area contributed by atoms with Crippen molar-refractivity contribution < 1.29 is 14.3 Å². The molecule has 1 aliphatic heterocycles. The highest BCUT2D eigenvalue weighted by atomic mass is 16.7. The van der Waals surface area contributed by atoms with Crippen LogP contribution in [0.4, 0.5) is 0 Å². The van der Waals surface area contributed by atoms with Crippen molar-refractivity contribution in [3.05, 3.63) is 29.8 Å². The van der Waals surface area contributed by atoms with Gasteiger partial charge in [-0.05, 0) is 25.0 Å². The van der Waals surface area contributed by atoms with Crippen LogP contribution in [0.15, 0.2) is 24.3 Å². The van der Waals surface area contributed by atoms with Gasteiger partial charge >= 0.3 is 0 Å². The third kappa shape index (κ3) is 1.88. The molecule has 2 atom stereocenters. The average molecular weight is 206 g/mol. The molecule has 1 aliphatic rings. The number of methoxy groups -OCH3 is 1. The lowest BCUT2D eigenvalue weighted by atomic mass is 9.92. The molecule has 0 fully saturated rings. The molecule has 0 N–H and O–H groups in total. The number of ketones is 1. The van der Waals surface area contributed by atoms with E-state index in [1.165, 1.54) is 0 Å². The molecule has 0 saturated carbocycles. The zero-order valence-electron chi connectivity index (χ0n) is 8.90. The molecule has 1 aromatic rings. The predicted molar refractivity (Wildman–Crippen MR) is 55.7 cm³/mol. The van der Waals surface area contributed by atoms with Gasteiger partial charge in [0.25, 0.3) is 0 Å². The van der Waals surface area contributed by atoms with Crippen molar-refractivity contribution >= 4 is 5.78 Å². The fraction of sp³-hybridized carbons (Fsp3) is 0.417. The van der Waals surface area contributed by atoms with Crippen LogP contribution in [0.3, 0.4) is 0 Å². The third-order valence-electron chi connectivity index (χ3n) is 2.74. The van der Waals surface area contributed by atoms with Crippen molar-refractivity contribution in [3.8, 4) is 5.75 Å². The van der Waals surface area contributed by atoms with Crippen molar-refractivity contribution in [2.75, 3.05) is 7.11 Å². The van der Waals surface area contributed by atoms with Crippen molar-refractivity contribution in [2.24, 2.45) is 5.92 Å². The lowest BCUT2D eigenvalue weighted by Gasteiger charge is -2.30. The maximum atomic E-state index is 11.4. The number of carbonyl (C=O) groups excluding carboxylic acids is 1. The SMILES string of the molecule is COC1Oc2ccccc2CC1C(C)=O. The summed E-state index contributed by atoms with van der Waals surface area (Å²) in [6, 6.07) is 7.75. The summed E-state index contributed by atoms with van der Waals surface area (Å²) >= 11 is 0. The van der Waals surface area contributed by atoms with Crippen LogP contribution in [-0.2, 0) is 16.0 Å². The second kappa shape index (κ2) is 4.03. The van der Waals surface area contributed by atoms with Gasteiger partial charge in [-0.1, -0.05) is 18.2 Å². The van der Waals surface area contributed by atoms with Crippen LogP contribution in [0.5, 0.6) is 5.75 Å². The average Bonchev–Trinajstić information content (AvgIpc) is 2.27. The predicted octanol–water partition coefficient (Wildman–Crippen LogP) is 1.80. The lowest BCUT2D eigenvalue weighted by molar-refractivity contribution is -0.141. The van der Waals surface area contributed by atoms with E-state index >= 15 is 0 Å². The smallest absolute Gasteiger partial charge is 0.209 e. The second-order valence-corrected chi connectivity index (χ2v) is 3.75. The molecule has 0 spiro atoms. The standard InChI is InChI=1S/C12H14O3/c1-8(13)10-7-9-5-3-4-6-11(9)15-12(10)14-2/h3-6,10,12H,7H2,1-2H3. The Balaban J connectivity index is 2.30. The van der Waals surface area contributed by atoms with E-state index in [1.807, 2.05) is 24.3 Å². The maximum Gasteiger partial charge on any atom is 0.209 e. The van der Waals surface area contributed by atoms with Gasteiger partial charge < -0.3 is 9.47 Å². The van der Waals surface area contributed by atoms with Gasteiger partial charge in [-0.2, -0.15) is 0 Å². The Morgan fingerprint density at radius 3 is 2.87 bits per heavy atom. The second-order valence-electron chi connectivity index (χ2n) is 3.75. The monoisotopic (exact) mass is 206 g/mol. The molecule has 3 heteroatoms. The molecule has 0 saturated heterocycles. The first-order valence-electron chi connectivity index (χ1n) is 5.00. The van der Waals surface area contributed by atoms with E-state index in [0.29, 0.717) is 6.42 Å². The van der Waals surface area contributed by atoms with Crippen molar-refractivity contribution in [1.82, 2.24) is 0 Å². The number of para-hydroxylation sites is 1. The number of fused-ring (bicyclic) bond motifs is 1. The Morgan fingerprint density at radius 1 is 1.47 bits per heavy atom. The van der Waals surface area contributed by atoms with Crippen LogP contribution in [0.1, 0.15) is 12.5 Å². The van der Waals surface area contributed by atoms with Gasteiger partial charge in [-0.25, -0.2) is 0 Å². The summed E-state index contributed by atoms with van der Waals surface area (Å²) < 4.78 is 10.8. The Hall–Kier alpha value is -1.35. The molecule has 15 heavy (non-hydrogen) atoms. The Morgan fingerprint density at radius 2 is 2.20 bits per heavy atom. The van der Waals surface area contributed by atoms with Crippen molar-refractivity contribution in [3.63, 3.8) is 0 Å². The fourth-order valence-electron chi connectivity index (χ4n) is 1.88. The van der Waals surface area contributed by atoms with E-state index < -0.39 is 6.29 Å². The lowest BCUT2D eigenvalue weighted by Crippen LogP contribution is -2.38. The summed E-state index contributed by atoms with van der Waals surface area (Å²) in [6.07, 6.45) is 0.252. The van der Waals surface area contributed by atoms with Crippen molar-refractivity contribution in [1.29, 1.82) is 0 Å². The van der Waals surface area contributed by atoms with Gasteiger partial charge in [0.1, 0.15) is 11.5 Å². The number of rotatable bonds is 2. The van der Waals surface area contributed by atoms with E-state index in [1.54, 1.807) is 14.0 Å². The molecular weight excluding hydrogens is 192 g/mol. The van der Waals surface area contributed by atoms with Gasteiger partial charge in [0.15, 0.2) is 0 Å². The van der Waals surface area contributed by atoms with Crippen LogP contribution in [0.25, 0.3) is 0 Å². The van der Waals surface area contributed by atoms with E-state index in [9.17, 15) is 4.79 Å². The first kappa shape index (κ1) is 10.2.